The molecule has 0 saturated heterocycles. The van der Waals surface area contributed by atoms with Crippen molar-refractivity contribution in [3.05, 3.63) is 60.0 Å². The van der Waals surface area contributed by atoms with Crippen LogP contribution in [0.25, 0.3) is 16.6 Å². The predicted octanol–water partition coefficient (Wildman–Crippen LogP) is 2.98. The van der Waals surface area contributed by atoms with E-state index < -0.39 is 5.82 Å². The Morgan fingerprint density at radius 2 is 1.94 bits per heavy atom. The van der Waals surface area contributed by atoms with Crippen LogP contribution in [0.4, 0.5) is 4.39 Å². The second kappa shape index (κ2) is 4.07. The first-order valence-corrected chi connectivity index (χ1v) is 5.48. The fourth-order valence-electron chi connectivity index (χ4n) is 1.99. The minimum absolute atomic E-state index is 0.0198. The van der Waals surface area contributed by atoms with Gasteiger partial charge in [0, 0.05) is 5.39 Å². The van der Waals surface area contributed by atoms with Gasteiger partial charge >= 0.3 is 0 Å². The van der Waals surface area contributed by atoms with Gasteiger partial charge in [0.25, 0.3) is 0 Å². The van der Waals surface area contributed by atoms with E-state index in [1.54, 1.807) is 23.0 Å². The largest absolute Gasteiger partial charge is 0.298 e. The maximum absolute atomic E-state index is 13.6. The maximum Gasteiger partial charge on any atom is 0.155 e. The molecule has 18 heavy (non-hydrogen) atoms. The van der Waals surface area contributed by atoms with E-state index in [1.807, 2.05) is 24.3 Å². The summed E-state index contributed by atoms with van der Waals surface area (Å²) in [5.74, 6) is -0.540. The van der Waals surface area contributed by atoms with Crippen molar-refractivity contribution in [3.63, 3.8) is 0 Å². The molecule has 2 aromatic carbocycles. The smallest absolute Gasteiger partial charge is 0.155 e. The van der Waals surface area contributed by atoms with Gasteiger partial charge in [-0.1, -0.05) is 24.3 Å². The first kappa shape index (κ1) is 10.7. The number of aldehydes is 1. The van der Waals surface area contributed by atoms with Crippen LogP contribution in [0.3, 0.4) is 0 Å². The molecule has 0 saturated carbocycles. The maximum atomic E-state index is 13.6. The summed E-state index contributed by atoms with van der Waals surface area (Å²) in [5, 5.41) is 5.15. The summed E-state index contributed by atoms with van der Waals surface area (Å²) in [4.78, 5) is 11.0. The van der Waals surface area contributed by atoms with E-state index in [-0.39, 0.29) is 5.56 Å². The van der Waals surface area contributed by atoms with Crippen molar-refractivity contribution < 1.29 is 9.18 Å². The van der Waals surface area contributed by atoms with Crippen LogP contribution in [0.2, 0.25) is 0 Å². The van der Waals surface area contributed by atoms with Gasteiger partial charge in [-0.2, -0.15) is 5.10 Å². The van der Waals surface area contributed by atoms with Crippen molar-refractivity contribution in [2.75, 3.05) is 0 Å². The highest BCUT2D eigenvalue weighted by atomic mass is 19.1. The second-order valence-corrected chi connectivity index (χ2v) is 3.91. The Bertz CT molecular complexity index is 733. The number of hydrogen-bond donors (Lipinski definition) is 0. The molecule has 0 unspecified atom stereocenters. The van der Waals surface area contributed by atoms with E-state index in [0.717, 1.165) is 10.9 Å². The molecular formula is C14H9FN2O. The number of benzene rings is 2. The molecule has 3 rings (SSSR count). The number of fused-ring (bicyclic) bond motifs is 1. The van der Waals surface area contributed by atoms with E-state index in [2.05, 4.69) is 5.10 Å². The SMILES string of the molecule is O=Cc1c(F)cccc1-n1ncc2ccccc21. The number of para-hydroxylation sites is 1. The zero-order valence-corrected chi connectivity index (χ0v) is 9.38. The van der Waals surface area contributed by atoms with Gasteiger partial charge in [-0.3, -0.25) is 4.79 Å². The lowest BCUT2D eigenvalue weighted by Gasteiger charge is -2.06. The molecule has 0 fully saturated rings. The van der Waals surface area contributed by atoms with Gasteiger partial charge in [-0.05, 0) is 18.2 Å². The third-order valence-electron chi connectivity index (χ3n) is 2.85. The molecule has 3 aromatic rings. The zero-order valence-electron chi connectivity index (χ0n) is 9.38. The molecule has 1 aromatic heterocycles. The number of carbonyl (C=O) groups excluding carboxylic acids is 1. The highest BCUT2D eigenvalue weighted by Gasteiger charge is 2.11. The van der Waals surface area contributed by atoms with Crippen LogP contribution in [0.5, 0.6) is 0 Å². The Kier molecular flexibility index (Phi) is 2.41. The summed E-state index contributed by atoms with van der Waals surface area (Å²) < 4.78 is 15.1. The average Bonchev–Trinajstić information content (AvgIpc) is 2.82. The Morgan fingerprint density at radius 1 is 1.11 bits per heavy atom. The third kappa shape index (κ3) is 1.50. The van der Waals surface area contributed by atoms with Crippen molar-refractivity contribution in [1.29, 1.82) is 0 Å². The van der Waals surface area contributed by atoms with E-state index in [4.69, 9.17) is 0 Å². The number of carbonyl (C=O) groups is 1. The van der Waals surface area contributed by atoms with E-state index in [9.17, 15) is 9.18 Å². The minimum Gasteiger partial charge on any atom is -0.298 e. The molecule has 0 aliphatic carbocycles. The van der Waals surface area contributed by atoms with Gasteiger partial charge < -0.3 is 0 Å². The quantitative estimate of drug-likeness (QED) is 0.645. The molecule has 0 aliphatic heterocycles. The first-order valence-electron chi connectivity index (χ1n) is 5.48. The van der Waals surface area contributed by atoms with Crippen LogP contribution < -0.4 is 0 Å². The average molecular weight is 240 g/mol. The monoisotopic (exact) mass is 240 g/mol. The van der Waals surface area contributed by atoms with Gasteiger partial charge in [-0.15, -0.1) is 0 Å². The lowest BCUT2D eigenvalue weighted by Crippen LogP contribution is -2.02. The van der Waals surface area contributed by atoms with Crippen LogP contribution in [0.15, 0.2) is 48.7 Å². The molecule has 0 amide bonds. The summed E-state index contributed by atoms with van der Waals surface area (Å²) in [7, 11) is 0. The van der Waals surface area contributed by atoms with Crippen LogP contribution >= 0.6 is 0 Å². The van der Waals surface area contributed by atoms with Gasteiger partial charge in [0.1, 0.15) is 5.82 Å². The molecule has 0 N–H and O–H groups in total. The lowest BCUT2D eigenvalue weighted by atomic mass is 10.2. The van der Waals surface area contributed by atoms with Crippen LogP contribution in [-0.2, 0) is 0 Å². The molecule has 88 valence electrons. The summed E-state index contributed by atoms with van der Waals surface area (Å²) in [6.07, 6.45) is 2.20. The second-order valence-electron chi connectivity index (χ2n) is 3.91. The molecule has 0 radical (unpaired) electrons. The zero-order chi connectivity index (χ0) is 12.5. The molecular weight excluding hydrogens is 231 g/mol. The van der Waals surface area contributed by atoms with Gasteiger partial charge in [0.15, 0.2) is 6.29 Å². The Hall–Kier alpha value is -2.49. The van der Waals surface area contributed by atoms with Crippen LogP contribution in [0.1, 0.15) is 10.4 Å². The van der Waals surface area contributed by atoms with Gasteiger partial charge in [0.05, 0.1) is 23.0 Å². The van der Waals surface area contributed by atoms with Crippen LogP contribution in [0, 0.1) is 5.82 Å². The van der Waals surface area contributed by atoms with Crippen molar-refractivity contribution in [2.45, 2.75) is 0 Å². The summed E-state index contributed by atoms with van der Waals surface area (Å²) in [6, 6.07) is 12.1. The normalized spacial score (nSPS) is 10.7. The van der Waals surface area contributed by atoms with Crippen molar-refractivity contribution in [3.8, 4) is 5.69 Å². The van der Waals surface area contributed by atoms with E-state index in [1.165, 1.54) is 6.07 Å². The topological polar surface area (TPSA) is 34.9 Å². The van der Waals surface area contributed by atoms with E-state index in [0.29, 0.717) is 12.0 Å². The number of aromatic nitrogens is 2. The Labute approximate surface area is 102 Å². The summed E-state index contributed by atoms with van der Waals surface area (Å²) in [6.45, 7) is 0. The molecule has 0 bridgehead atoms. The molecule has 3 nitrogen and oxygen atoms in total. The van der Waals surface area contributed by atoms with Gasteiger partial charge in [0.2, 0.25) is 0 Å². The fraction of sp³-hybridized carbons (Fsp3) is 0. The molecule has 1 heterocycles. The number of rotatable bonds is 2. The summed E-state index contributed by atoms with van der Waals surface area (Å²) >= 11 is 0. The molecule has 0 aliphatic rings. The predicted molar refractivity (Wildman–Crippen MR) is 66.4 cm³/mol. The first-order chi connectivity index (χ1) is 8.81. The number of halogens is 1. The third-order valence-corrected chi connectivity index (χ3v) is 2.85. The minimum atomic E-state index is -0.540. The molecule has 0 atom stereocenters. The fourth-order valence-corrected chi connectivity index (χ4v) is 1.99. The molecule has 0 spiro atoms. The van der Waals surface area contributed by atoms with Crippen molar-refractivity contribution in [1.82, 2.24) is 9.78 Å². The Morgan fingerprint density at radius 3 is 2.78 bits per heavy atom. The van der Waals surface area contributed by atoms with E-state index >= 15 is 0 Å². The van der Waals surface area contributed by atoms with Crippen molar-refractivity contribution >= 4 is 17.2 Å². The highest BCUT2D eigenvalue weighted by molar-refractivity contribution is 5.85. The Balaban J connectivity index is 2.33. The number of nitrogens with zero attached hydrogens (tertiary/aromatic N) is 2. The van der Waals surface area contributed by atoms with Crippen molar-refractivity contribution in [2.24, 2.45) is 0 Å². The summed E-state index contributed by atoms with van der Waals surface area (Å²) in [5.41, 5.74) is 1.31. The molecule has 4 heteroatoms. The lowest BCUT2D eigenvalue weighted by molar-refractivity contribution is 0.111. The van der Waals surface area contributed by atoms with Crippen LogP contribution in [-0.4, -0.2) is 16.1 Å². The highest BCUT2D eigenvalue weighted by Crippen LogP contribution is 2.21. The number of hydrogen-bond acceptors (Lipinski definition) is 2. The van der Waals surface area contributed by atoms with Gasteiger partial charge in [-0.25, -0.2) is 9.07 Å². The standard InChI is InChI=1S/C14H9FN2O/c15-12-5-3-7-14(11(12)9-18)17-13-6-2-1-4-10(13)8-16-17/h1-9H.